The van der Waals surface area contributed by atoms with Gasteiger partial charge in [-0.1, -0.05) is 12.1 Å². The molecule has 0 bridgehead atoms. The van der Waals surface area contributed by atoms with Gasteiger partial charge in [-0.15, -0.1) is 0 Å². The number of carbonyl (C=O) groups excluding carboxylic acids is 1. The summed E-state index contributed by atoms with van der Waals surface area (Å²) in [6, 6.07) is 7.76. The molecule has 1 saturated heterocycles. The predicted octanol–water partition coefficient (Wildman–Crippen LogP) is 2.24. The van der Waals surface area contributed by atoms with Crippen molar-refractivity contribution in [2.45, 2.75) is 20.3 Å². The zero-order valence-corrected chi connectivity index (χ0v) is 13.2. The lowest BCUT2D eigenvalue weighted by Gasteiger charge is -2.14. The topological polar surface area (TPSA) is 86.3 Å². The average molecular weight is 313 g/mol. The fraction of sp³-hybridized carbons (Fsp3) is 0.353. The molecule has 1 fully saturated rings. The van der Waals surface area contributed by atoms with E-state index in [0.717, 1.165) is 5.56 Å². The number of rotatable bonds is 3. The smallest absolute Gasteiger partial charge is 0.308 e. The molecule has 1 unspecified atom stereocenters. The molecule has 2 N–H and O–H groups in total. The molecule has 0 aliphatic carbocycles. The highest BCUT2D eigenvalue weighted by molar-refractivity contribution is 5.94. The van der Waals surface area contributed by atoms with Crippen molar-refractivity contribution >= 4 is 11.9 Å². The van der Waals surface area contributed by atoms with E-state index < -0.39 is 11.9 Å². The Labute approximate surface area is 134 Å². The van der Waals surface area contributed by atoms with Crippen LogP contribution < -0.4 is 0 Å². The highest BCUT2D eigenvalue weighted by atomic mass is 16.4. The van der Waals surface area contributed by atoms with Crippen LogP contribution in [0, 0.1) is 19.8 Å². The molecule has 1 aliphatic rings. The molecule has 1 aromatic carbocycles. The first-order valence-corrected chi connectivity index (χ1v) is 7.61. The third-order valence-electron chi connectivity index (χ3n) is 4.44. The van der Waals surface area contributed by atoms with Crippen LogP contribution in [0.25, 0.3) is 11.3 Å². The summed E-state index contributed by atoms with van der Waals surface area (Å²) in [5, 5.41) is 16.0. The summed E-state index contributed by atoms with van der Waals surface area (Å²) < 4.78 is 0. The first-order valence-electron chi connectivity index (χ1n) is 7.61. The van der Waals surface area contributed by atoms with Gasteiger partial charge in [0.1, 0.15) is 5.69 Å². The minimum atomic E-state index is -0.847. The van der Waals surface area contributed by atoms with Gasteiger partial charge in [0.2, 0.25) is 0 Å². The number of nitrogens with zero attached hydrogens (tertiary/aromatic N) is 2. The van der Waals surface area contributed by atoms with Crippen molar-refractivity contribution in [1.29, 1.82) is 0 Å². The van der Waals surface area contributed by atoms with Crippen molar-refractivity contribution in [3.05, 3.63) is 41.1 Å². The minimum Gasteiger partial charge on any atom is -0.481 e. The van der Waals surface area contributed by atoms with Crippen molar-refractivity contribution < 1.29 is 14.7 Å². The van der Waals surface area contributed by atoms with Gasteiger partial charge in [-0.05, 0) is 43.5 Å². The number of H-pyrrole nitrogens is 1. The Kier molecular flexibility index (Phi) is 3.90. The fourth-order valence-electron chi connectivity index (χ4n) is 2.80. The fourth-order valence-corrected chi connectivity index (χ4v) is 2.80. The van der Waals surface area contributed by atoms with Crippen molar-refractivity contribution in [2.24, 2.45) is 5.92 Å². The molecule has 0 radical (unpaired) electrons. The van der Waals surface area contributed by atoms with Gasteiger partial charge in [0.15, 0.2) is 0 Å². The van der Waals surface area contributed by atoms with E-state index in [1.54, 1.807) is 11.0 Å². The van der Waals surface area contributed by atoms with Gasteiger partial charge in [-0.3, -0.25) is 14.7 Å². The number of amides is 1. The van der Waals surface area contributed by atoms with Crippen molar-refractivity contribution in [3.63, 3.8) is 0 Å². The third-order valence-corrected chi connectivity index (χ3v) is 4.44. The molecule has 2 aromatic rings. The normalized spacial score (nSPS) is 17.5. The van der Waals surface area contributed by atoms with Gasteiger partial charge in [0.25, 0.3) is 5.91 Å². The number of benzene rings is 1. The Bertz CT molecular complexity index is 766. The number of carbonyl (C=O) groups is 2. The lowest BCUT2D eigenvalue weighted by atomic mass is 10.0. The van der Waals surface area contributed by atoms with Crippen LogP contribution in [0.4, 0.5) is 0 Å². The molecule has 0 saturated carbocycles. The number of nitrogens with one attached hydrogen (secondary N) is 1. The monoisotopic (exact) mass is 313 g/mol. The van der Waals surface area contributed by atoms with Gasteiger partial charge < -0.3 is 10.0 Å². The number of aromatic amines is 1. The number of aromatic nitrogens is 2. The lowest BCUT2D eigenvalue weighted by Crippen LogP contribution is -2.30. The molecule has 1 aliphatic heterocycles. The summed E-state index contributed by atoms with van der Waals surface area (Å²) in [5.74, 6) is -1.52. The van der Waals surface area contributed by atoms with Crippen LogP contribution >= 0.6 is 0 Å². The maximum atomic E-state index is 12.4. The maximum Gasteiger partial charge on any atom is 0.308 e. The van der Waals surface area contributed by atoms with E-state index >= 15 is 0 Å². The second-order valence-electron chi connectivity index (χ2n) is 6.04. The summed E-state index contributed by atoms with van der Waals surface area (Å²) in [6.45, 7) is 4.80. The summed E-state index contributed by atoms with van der Waals surface area (Å²) >= 11 is 0. The van der Waals surface area contributed by atoms with Crippen LogP contribution in [0.1, 0.15) is 28.0 Å². The van der Waals surface area contributed by atoms with Crippen LogP contribution in [-0.2, 0) is 4.79 Å². The number of aryl methyl sites for hydroxylation is 2. The van der Waals surface area contributed by atoms with Crippen molar-refractivity contribution in [3.8, 4) is 11.3 Å². The molecule has 120 valence electrons. The summed E-state index contributed by atoms with van der Waals surface area (Å²) in [6.07, 6.45) is 0.499. The van der Waals surface area contributed by atoms with E-state index in [0.29, 0.717) is 24.4 Å². The molecule has 0 spiro atoms. The Morgan fingerprint density at radius 3 is 2.70 bits per heavy atom. The number of hydrogen-bond donors (Lipinski definition) is 2. The zero-order chi connectivity index (χ0) is 16.6. The Hall–Kier alpha value is -2.63. The predicted molar refractivity (Wildman–Crippen MR) is 85.1 cm³/mol. The van der Waals surface area contributed by atoms with Crippen LogP contribution in [0.15, 0.2) is 24.3 Å². The first kappa shape index (κ1) is 15.3. The van der Waals surface area contributed by atoms with Gasteiger partial charge in [-0.2, -0.15) is 5.10 Å². The number of aliphatic carboxylic acids is 1. The molecule has 1 atom stereocenters. The van der Waals surface area contributed by atoms with E-state index in [9.17, 15) is 9.59 Å². The Morgan fingerprint density at radius 1 is 1.26 bits per heavy atom. The SMILES string of the molecule is Cc1ccc(-c2cc(C(=O)N3CCC(C(=O)O)C3)[nH]n2)cc1C. The van der Waals surface area contributed by atoms with Crippen LogP contribution in [0.2, 0.25) is 0 Å². The molecular formula is C17H19N3O3. The second kappa shape index (κ2) is 5.87. The standard InChI is InChI=1S/C17H19N3O3/c1-10-3-4-12(7-11(10)2)14-8-15(19-18-14)16(21)20-6-5-13(9-20)17(22)23/h3-4,7-8,13H,5-6,9H2,1-2H3,(H,18,19)(H,22,23). The lowest BCUT2D eigenvalue weighted by molar-refractivity contribution is -0.141. The average Bonchev–Trinajstić information content (AvgIpc) is 3.18. The largest absolute Gasteiger partial charge is 0.481 e. The van der Waals surface area contributed by atoms with Crippen LogP contribution in [0.3, 0.4) is 0 Å². The van der Waals surface area contributed by atoms with E-state index in [-0.39, 0.29) is 12.5 Å². The van der Waals surface area contributed by atoms with Gasteiger partial charge in [-0.25, -0.2) is 0 Å². The van der Waals surface area contributed by atoms with E-state index in [1.807, 2.05) is 32.0 Å². The highest BCUT2D eigenvalue weighted by Gasteiger charge is 2.31. The molecular weight excluding hydrogens is 294 g/mol. The van der Waals surface area contributed by atoms with Gasteiger partial charge in [0.05, 0.1) is 11.6 Å². The van der Waals surface area contributed by atoms with Crippen LogP contribution in [-0.4, -0.2) is 45.2 Å². The minimum absolute atomic E-state index is 0.198. The summed E-state index contributed by atoms with van der Waals surface area (Å²) in [4.78, 5) is 25.0. The molecule has 6 heteroatoms. The second-order valence-corrected chi connectivity index (χ2v) is 6.04. The van der Waals surface area contributed by atoms with E-state index in [4.69, 9.17) is 5.11 Å². The van der Waals surface area contributed by atoms with Crippen molar-refractivity contribution in [1.82, 2.24) is 15.1 Å². The third kappa shape index (κ3) is 2.97. The van der Waals surface area contributed by atoms with Gasteiger partial charge in [0, 0.05) is 18.7 Å². The molecule has 1 amide bonds. The van der Waals surface area contributed by atoms with Gasteiger partial charge >= 0.3 is 5.97 Å². The Balaban J connectivity index is 1.78. The molecule has 6 nitrogen and oxygen atoms in total. The summed E-state index contributed by atoms with van der Waals surface area (Å²) in [5.41, 5.74) is 4.43. The molecule has 23 heavy (non-hydrogen) atoms. The maximum absolute atomic E-state index is 12.4. The number of carboxylic acid groups (broad SMARTS) is 1. The van der Waals surface area contributed by atoms with Crippen molar-refractivity contribution in [2.75, 3.05) is 13.1 Å². The summed E-state index contributed by atoms with van der Waals surface area (Å²) in [7, 11) is 0. The first-order chi connectivity index (χ1) is 11.0. The molecule has 2 heterocycles. The molecule has 3 rings (SSSR count). The van der Waals surface area contributed by atoms with E-state index in [2.05, 4.69) is 10.2 Å². The highest BCUT2D eigenvalue weighted by Crippen LogP contribution is 2.23. The quantitative estimate of drug-likeness (QED) is 0.910. The Morgan fingerprint density at radius 2 is 2.04 bits per heavy atom. The number of likely N-dealkylation sites (tertiary alicyclic amines) is 1. The van der Waals surface area contributed by atoms with E-state index in [1.165, 1.54) is 11.1 Å². The zero-order valence-electron chi connectivity index (χ0n) is 13.2. The number of carboxylic acids is 1. The molecule has 1 aromatic heterocycles. The number of hydrogen-bond acceptors (Lipinski definition) is 3. The van der Waals surface area contributed by atoms with Crippen LogP contribution in [0.5, 0.6) is 0 Å².